The molecule has 0 spiro atoms. The molecule has 0 saturated heterocycles. The molecule has 4 nitrogen and oxygen atoms in total. The van der Waals surface area contributed by atoms with Crippen LogP contribution in [0, 0.1) is 5.92 Å². The van der Waals surface area contributed by atoms with Crippen LogP contribution in [0.25, 0.3) is 0 Å². The lowest BCUT2D eigenvalue weighted by atomic mass is 10.0. The van der Waals surface area contributed by atoms with Crippen molar-refractivity contribution in [3.8, 4) is 5.75 Å². The van der Waals surface area contributed by atoms with Gasteiger partial charge in [-0.25, -0.2) is 0 Å². The largest absolute Gasteiger partial charge is 0.495 e. The van der Waals surface area contributed by atoms with E-state index in [1.807, 2.05) is 0 Å². The number of nitrogens with zero attached hydrogens (tertiary/aromatic N) is 1. The second-order valence-electron chi connectivity index (χ2n) is 7.95. The number of anilines is 1. The summed E-state index contributed by atoms with van der Waals surface area (Å²) in [5.74, 6) is -0.220. The Bertz CT molecular complexity index is 924. The average molecular weight is 476 g/mol. The Kier molecular flexibility index (Phi) is 8.40. The maximum atomic E-state index is 13.1. The summed E-state index contributed by atoms with van der Waals surface area (Å²) in [4.78, 5) is 14.4. The number of halogens is 6. The summed E-state index contributed by atoms with van der Waals surface area (Å²) in [5.41, 5.74) is 3.58. The normalized spacial score (nSPS) is 13.2. The van der Waals surface area contributed by atoms with E-state index >= 15 is 0 Å². The number of methoxy groups -OCH3 is 1. The van der Waals surface area contributed by atoms with Gasteiger partial charge in [-0.2, -0.15) is 26.3 Å². The molecule has 2 aromatic carbocycles. The van der Waals surface area contributed by atoms with Crippen molar-refractivity contribution in [2.24, 2.45) is 11.7 Å². The predicted molar refractivity (Wildman–Crippen MR) is 113 cm³/mol. The van der Waals surface area contributed by atoms with Crippen LogP contribution in [-0.4, -0.2) is 25.6 Å². The minimum absolute atomic E-state index is 0.0250. The van der Waals surface area contributed by atoms with E-state index < -0.39 is 35.4 Å². The Morgan fingerprint density at radius 3 is 2.03 bits per heavy atom. The highest BCUT2D eigenvalue weighted by atomic mass is 19.4. The third-order valence-electron chi connectivity index (χ3n) is 5.14. The number of para-hydroxylation sites is 2. The molecule has 33 heavy (non-hydrogen) atoms. The van der Waals surface area contributed by atoms with E-state index in [0.29, 0.717) is 23.6 Å². The molecule has 1 atom stereocenters. The highest BCUT2D eigenvalue weighted by Crippen LogP contribution is 2.36. The Balaban J connectivity index is 2.32. The number of rotatable bonds is 8. The molecule has 0 aromatic heterocycles. The zero-order valence-electron chi connectivity index (χ0n) is 18.4. The van der Waals surface area contributed by atoms with Gasteiger partial charge in [0.1, 0.15) is 5.75 Å². The van der Waals surface area contributed by atoms with E-state index in [0.717, 1.165) is 0 Å². The van der Waals surface area contributed by atoms with Crippen molar-refractivity contribution in [3.05, 3.63) is 59.2 Å². The van der Waals surface area contributed by atoms with Crippen molar-refractivity contribution < 1.29 is 35.9 Å². The first kappa shape index (κ1) is 26.5. The molecule has 0 radical (unpaired) electrons. The molecule has 0 aliphatic heterocycles. The van der Waals surface area contributed by atoms with Gasteiger partial charge in [-0.3, -0.25) is 4.79 Å². The highest BCUT2D eigenvalue weighted by molar-refractivity contribution is 5.98. The van der Waals surface area contributed by atoms with Gasteiger partial charge in [0, 0.05) is 6.54 Å². The number of amides is 1. The molecule has 0 aliphatic rings. The Labute approximate surface area is 188 Å². The van der Waals surface area contributed by atoms with Crippen molar-refractivity contribution in [2.75, 3.05) is 18.6 Å². The van der Waals surface area contributed by atoms with Crippen molar-refractivity contribution in [2.45, 2.75) is 45.1 Å². The number of hydrogen-bond acceptors (Lipinski definition) is 3. The summed E-state index contributed by atoms with van der Waals surface area (Å²) in [6, 6.07) is 7.30. The number of hydrogen-bond donors (Lipinski definition) is 1. The lowest BCUT2D eigenvalue weighted by molar-refractivity contribution is -0.143. The number of nitrogens with two attached hydrogens (primary N) is 1. The van der Waals surface area contributed by atoms with Crippen LogP contribution in [0.15, 0.2) is 42.5 Å². The fourth-order valence-electron chi connectivity index (χ4n) is 3.27. The standard InChI is InChI=1S/C23H26F6N2O2/c1-14(2)20(30)21(32)31(18-8-4-5-9-19(18)33-3)10-6-7-15-11-16(22(24,25)26)13-17(12-15)23(27,28)29/h4-5,8-9,11-14,20H,6-7,10,30H2,1-3H3. The van der Waals surface area contributed by atoms with Crippen LogP contribution in [0.4, 0.5) is 32.0 Å². The average Bonchev–Trinajstić information content (AvgIpc) is 2.74. The molecule has 1 unspecified atom stereocenters. The van der Waals surface area contributed by atoms with Gasteiger partial charge in [0.2, 0.25) is 5.91 Å². The summed E-state index contributed by atoms with van der Waals surface area (Å²) >= 11 is 0. The number of benzene rings is 2. The molecule has 2 rings (SSSR count). The van der Waals surface area contributed by atoms with Crippen LogP contribution in [0.5, 0.6) is 5.75 Å². The monoisotopic (exact) mass is 476 g/mol. The van der Waals surface area contributed by atoms with Gasteiger partial charge in [0.05, 0.1) is 30.0 Å². The van der Waals surface area contributed by atoms with Crippen LogP contribution in [0.1, 0.15) is 37.0 Å². The maximum Gasteiger partial charge on any atom is 0.416 e. The maximum absolute atomic E-state index is 13.1. The van der Waals surface area contributed by atoms with Crippen LogP contribution in [-0.2, 0) is 23.6 Å². The lowest BCUT2D eigenvalue weighted by Crippen LogP contribution is -2.47. The molecule has 0 saturated carbocycles. The minimum atomic E-state index is -4.92. The van der Waals surface area contributed by atoms with Crippen LogP contribution < -0.4 is 15.4 Å². The number of alkyl halides is 6. The van der Waals surface area contributed by atoms with Gasteiger partial charge in [0.25, 0.3) is 0 Å². The molecule has 182 valence electrons. The molecule has 0 fully saturated rings. The summed E-state index contributed by atoms with van der Waals surface area (Å²) < 4.78 is 84.0. The summed E-state index contributed by atoms with van der Waals surface area (Å²) in [6.07, 6.45) is -9.84. The van der Waals surface area contributed by atoms with Crippen molar-refractivity contribution in [1.29, 1.82) is 0 Å². The summed E-state index contributed by atoms with van der Waals surface area (Å²) in [6.45, 7) is 3.56. The van der Waals surface area contributed by atoms with Gasteiger partial charge in [-0.15, -0.1) is 0 Å². The third-order valence-corrected chi connectivity index (χ3v) is 5.14. The first-order valence-corrected chi connectivity index (χ1v) is 10.2. The van der Waals surface area contributed by atoms with Gasteiger partial charge >= 0.3 is 12.4 Å². The smallest absolute Gasteiger partial charge is 0.416 e. The molecule has 10 heteroatoms. The number of carbonyl (C=O) groups excluding carboxylic acids is 1. The fourth-order valence-corrected chi connectivity index (χ4v) is 3.27. The summed E-state index contributed by atoms with van der Waals surface area (Å²) in [7, 11) is 1.42. The van der Waals surface area contributed by atoms with E-state index in [2.05, 4.69) is 0 Å². The van der Waals surface area contributed by atoms with E-state index in [4.69, 9.17) is 10.5 Å². The zero-order valence-corrected chi connectivity index (χ0v) is 18.4. The first-order chi connectivity index (χ1) is 15.3. The summed E-state index contributed by atoms with van der Waals surface area (Å²) in [5, 5.41) is 0. The van der Waals surface area contributed by atoms with E-state index in [1.165, 1.54) is 12.0 Å². The molecule has 2 aromatic rings. The van der Waals surface area contributed by atoms with Crippen molar-refractivity contribution in [3.63, 3.8) is 0 Å². The topological polar surface area (TPSA) is 55.6 Å². The number of aryl methyl sites for hydroxylation is 1. The fraction of sp³-hybridized carbons (Fsp3) is 0.435. The Morgan fingerprint density at radius 1 is 1.00 bits per heavy atom. The molecule has 0 aliphatic carbocycles. The molecular weight excluding hydrogens is 450 g/mol. The number of ether oxygens (including phenoxy) is 1. The van der Waals surface area contributed by atoms with Crippen LogP contribution >= 0.6 is 0 Å². The molecular formula is C23H26F6N2O2. The zero-order chi connectivity index (χ0) is 25.0. The molecule has 0 bridgehead atoms. The van der Waals surface area contributed by atoms with E-state index in [-0.39, 0.29) is 36.9 Å². The van der Waals surface area contributed by atoms with E-state index in [9.17, 15) is 31.1 Å². The molecule has 2 N–H and O–H groups in total. The highest BCUT2D eigenvalue weighted by Gasteiger charge is 2.37. The van der Waals surface area contributed by atoms with E-state index in [1.54, 1.807) is 38.1 Å². The lowest BCUT2D eigenvalue weighted by Gasteiger charge is -2.28. The first-order valence-electron chi connectivity index (χ1n) is 10.2. The van der Waals surface area contributed by atoms with Gasteiger partial charge < -0.3 is 15.4 Å². The van der Waals surface area contributed by atoms with Crippen molar-refractivity contribution in [1.82, 2.24) is 0 Å². The number of carbonyl (C=O) groups is 1. The van der Waals surface area contributed by atoms with Gasteiger partial charge in [-0.1, -0.05) is 26.0 Å². The van der Waals surface area contributed by atoms with Crippen LogP contribution in [0.2, 0.25) is 0 Å². The minimum Gasteiger partial charge on any atom is -0.495 e. The quantitative estimate of drug-likeness (QED) is 0.499. The Hall–Kier alpha value is -2.75. The van der Waals surface area contributed by atoms with Gasteiger partial charge in [-0.05, 0) is 54.7 Å². The molecule has 0 heterocycles. The second-order valence-corrected chi connectivity index (χ2v) is 7.95. The Morgan fingerprint density at radius 2 is 1.55 bits per heavy atom. The predicted octanol–water partition coefficient (Wildman–Crippen LogP) is 5.68. The second kappa shape index (κ2) is 10.5. The molecule has 1 amide bonds. The SMILES string of the molecule is COc1ccccc1N(CCCc1cc(C(F)(F)F)cc(C(F)(F)F)c1)C(=O)C(N)C(C)C. The van der Waals surface area contributed by atoms with Gasteiger partial charge in [0.15, 0.2) is 0 Å². The van der Waals surface area contributed by atoms with Crippen LogP contribution in [0.3, 0.4) is 0 Å². The van der Waals surface area contributed by atoms with Crippen molar-refractivity contribution >= 4 is 11.6 Å². The third kappa shape index (κ3) is 6.86.